The minimum atomic E-state index is -0.461. The maximum absolute atomic E-state index is 11.9. The lowest BCUT2D eigenvalue weighted by Crippen LogP contribution is -2.40. The number of fused-ring (bicyclic) bond motifs is 2. The number of hydroxylamine groups is 1. The van der Waals surface area contributed by atoms with Crippen LogP contribution in [0.5, 0.6) is 5.75 Å². The second kappa shape index (κ2) is 11.0. The normalized spacial score (nSPS) is 17.5. The van der Waals surface area contributed by atoms with E-state index in [-0.39, 0.29) is 0 Å². The molecule has 0 radical (unpaired) electrons. The van der Waals surface area contributed by atoms with Gasteiger partial charge in [0.25, 0.3) is 0 Å². The first kappa shape index (κ1) is 25.3. The summed E-state index contributed by atoms with van der Waals surface area (Å²) < 4.78 is 6.18. The quantitative estimate of drug-likeness (QED) is 0.276. The number of carbonyl (C=O) groups excluding carboxylic acids is 1. The highest BCUT2D eigenvalue weighted by Crippen LogP contribution is 2.40. The first-order valence-electron chi connectivity index (χ1n) is 13.3. The van der Waals surface area contributed by atoms with E-state index in [1.807, 2.05) is 45.0 Å². The molecule has 2 aliphatic heterocycles. The van der Waals surface area contributed by atoms with Crippen molar-refractivity contribution in [1.29, 1.82) is 0 Å². The third-order valence-electron chi connectivity index (χ3n) is 7.08. The Morgan fingerprint density at radius 1 is 1.00 bits per heavy atom. The molecule has 5 rings (SSSR count). The fourth-order valence-electron chi connectivity index (χ4n) is 5.41. The number of ether oxygens (including phenoxy) is 1. The number of hydrogen-bond acceptors (Lipinski definition) is 5. The standard InChI is InChI=1S/C31H37N3O3/c1-31(2,3)37-34(23-35)28-15-7-4-11-24(28)18-20-32-19-10-13-26(32)21-33-27-14-6-5-12-25(27)22-36-30-17-9-8-16-29(30)33/h4-9,11-12,14-17,23,26H,10,13,18-22H2,1-3H3. The summed E-state index contributed by atoms with van der Waals surface area (Å²) in [6.45, 7) is 9.35. The van der Waals surface area contributed by atoms with Gasteiger partial charge in [-0.2, -0.15) is 5.06 Å². The summed E-state index contributed by atoms with van der Waals surface area (Å²) in [5.74, 6) is 0.935. The Morgan fingerprint density at radius 3 is 2.54 bits per heavy atom. The Labute approximate surface area is 220 Å². The molecule has 194 valence electrons. The molecule has 0 N–H and O–H groups in total. The number of hydrogen-bond donors (Lipinski definition) is 0. The number of benzene rings is 3. The van der Waals surface area contributed by atoms with Crippen LogP contribution in [0.25, 0.3) is 0 Å². The van der Waals surface area contributed by atoms with Gasteiger partial charge in [-0.15, -0.1) is 0 Å². The van der Waals surface area contributed by atoms with E-state index in [0.717, 1.165) is 61.6 Å². The number of para-hydroxylation sites is 4. The second-order valence-corrected chi connectivity index (χ2v) is 10.8. The SMILES string of the molecule is CC(C)(C)ON(C=O)c1ccccc1CCN1CCCC1CN1c2ccccc2COc2ccccc21. The highest BCUT2D eigenvalue weighted by atomic mass is 16.7. The number of likely N-dealkylation sites (tertiary alicyclic amines) is 1. The van der Waals surface area contributed by atoms with Gasteiger partial charge in [0.1, 0.15) is 12.4 Å². The highest BCUT2D eigenvalue weighted by Gasteiger charge is 2.30. The fraction of sp³-hybridized carbons (Fsp3) is 0.387. The first-order chi connectivity index (χ1) is 17.9. The zero-order valence-corrected chi connectivity index (χ0v) is 22.1. The molecule has 6 nitrogen and oxygen atoms in total. The van der Waals surface area contributed by atoms with Gasteiger partial charge in [0, 0.05) is 30.4 Å². The van der Waals surface area contributed by atoms with Crippen LogP contribution >= 0.6 is 0 Å². The molecule has 1 fully saturated rings. The van der Waals surface area contributed by atoms with Gasteiger partial charge >= 0.3 is 0 Å². The Kier molecular flexibility index (Phi) is 7.49. The summed E-state index contributed by atoms with van der Waals surface area (Å²) in [6, 6.07) is 25.4. The van der Waals surface area contributed by atoms with Crippen molar-refractivity contribution >= 4 is 23.5 Å². The van der Waals surface area contributed by atoms with E-state index in [2.05, 4.69) is 58.3 Å². The van der Waals surface area contributed by atoms with E-state index < -0.39 is 5.60 Å². The number of carbonyl (C=O) groups is 1. The van der Waals surface area contributed by atoms with Crippen LogP contribution in [-0.2, 0) is 22.7 Å². The van der Waals surface area contributed by atoms with Crippen LogP contribution in [0.4, 0.5) is 17.1 Å². The maximum atomic E-state index is 11.9. The second-order valence-electron chi connectivity index (χ2n) is 10.8. The number of rotatable bonds is 8. The van der Waals surface area contributed by atoms with Crippen molar-refractivity contribution in [3.63, 3.8) is 0 Å². The van der Waals surface area contributed by atoms with Crippen molar-refractivity contribution in [1.82, 2.24) is 4.90 Å². The van der Waals surface area contributed by atoms with Gasteiger partial charge in [-0.3, -0.25) is 14.5 Å². The third kappa shape index (κ3) is 5.81. The number of amides is 1. The topological polar surface area (TPSA) is 45.2 Å². The summed E-state index contributed by atoms with van der Waals surface area (Å²) in [7, 11) is 0. The highest BCUT2D eigenvalue weighted by molar-refractivity contribution is 5.74. The van der Waals surface area contributed by atoms with Gasteiger partial charge in [0.05, 0.1) is 17.0 Å². The van der Waals surface area contributed by atoms with Crippen LogP contribution in [0.1, 0.15) is 44.7 Å². The first-order valence-corrected chi connectivity index (χ1v) is 13.3. The fourth-order valence-corrected chi connectivity index (χ4v) is 5.41. The molecule has 2 heterocycles. The molecule has 0 bridgehead atoms. The molecule has 0 aliphatic carbocycles. The molecular formula is C31H37N3O3. The number of nitrogens with zero attached hydrogens (tertiary/aromatic N) is 3. The average molecular weight is 500 g/mol. The molecule has 0 aromatic heterocycles. The van der Waals surface area contributed by atoms with Crippen LogP contribution in [-0.4, -0.2) is 42.6 Å². The average Bonchev–Trinajstić information content (AvgIpc) is 3.28. The van der Waals surface area contributed by atoms with E-state index in [9.17, 15) is 4.79 Å². The summed E-state index contributed by atoms with van der Waals surface area (Å²) in [5, 5.41) is 1.38. The van der Waals surface area contributed by atoms with Crippen LogP contribution in [0, 0.1) is 0 Å². The molecule has 37 heavy (non-hydrogen) atoms. The molecule has 6 heteroatoms. The van der Waals surface area contributed by atoms with Crippen LogP contribution in [0.3, 0.4) is 0 Å². The lowest BCUT2D eigenvalue weighted by molar-refractivity contribution is -0.120. The van der Waals surface area contributed by atoms with E-state index >= 15 is 0 Å². The van der Waals surface area contributed by atoms with E-state index in [4.69, 9.17) is 9.57 Å². The molecule has 1 amide bonds. The smallest absolute Gasteiger partial charge is 0.238 e. The minimum Gasteiger partial charge on any atom is -0.487 e. The predicted octanol–water partition coefficient (Wildman–Crippen LogP) is 6.12. The van der Waals surface area contributed by atoms with Gasteiger partial charge in [0.15, 0.2) is 0 Å². The lowest BCUT2D eigenvalue weighted by atomic mass is 10.1. The van der Waals surface area contributed by atoms with Crippen LogP contribution < -0.4 is 14.7 Å². The molecule has 1 atom stereocenters. The lowest BCUT2D eigenvalue weighted by Gasteiger charge is -2.33. The van der Waals surface area contributed by atoms with Gasteiger partial charge in [-0.05, 0) is 76.4 Å². The van der Waals surface area contributed by atoms with Gasteiger partial charge in [-0.1, -0.05) is 48.5 Å². The summed E-state index contributed by atoms with van der Waals surface area (Å²) >= 11 is 0. The van der Waals surface area contributed by atoms with Gasteiger partial charge in [-0.25, -0.2) is 0 Å². The van der Waals surface area contributed by atoms with Gasteiger partial charge < -0.3 is 9.64 Å². The largest absolute Gasteiger partial charge is 0.487 e. The number of anilines is 3. The van der Waals surface area contributed by atoms with Crippen LogP contribution in [0.2, 0.25) is 0 Å². The van der Waals surface area contributed by atoms with E-state index in [1.54, 1.807) is 0 Å². The van der Waals surface area contributed by atoms with Crippen molar-refractivity contribution < 1.29 is 14.4 Å². The molecule has 1 unspecified atom stereocenters. The molecule has 0 saturated carbocycles. The Balaban J connectivity index is 1.34. The third-order valence-corrected chi connectivity index (χ3v) is 7.08. The molecule has 0 spiro atoms. The van der Waals surface area contributed by atoms with Crippen molar-refractivity contribution in [3.05, 3.63) is 83.9 Å². The maximum Gasteiger partial charge on any atom is 0.238 e. The molecular weight excluding hydrogens is 462 g/mol. The van der Waals surface area contributed by atoms with Crippen molar-refractivity contribution in [2.75, 3.05) is 29.6 Å². The summed E-state index contributed by atoms with van der Waals surface area (Å²) in [4.78, 5) is 22.8. The molecule has 3 aromatic rings. The monoisotopic (exact) mass is 499 g/mol. The Hall–Kier alpha value is -3.35. The van der Waals surface area contributed by atoms with Crippen molar-refractivity contribution in [3.8, 4) is 5.75 Å². The van der Waals surface area contributed by atoms with E-state index in [1.165, 1.54) is 22.7 Å². The minimum absolute atomic E-state index is 0.430. The molecule has 1 saturated heterocycles. The molecule has 2 aliphatic rings. The molecule has 3 aromatic carbocycles. The summed E-state index contributed by atoms with van der Waals surface area (Å²) in [6.07, 6.45) is 3.96. The van der Waals surface area contributed by atoms with Crippen molar-refractivity contribution in [2.24, 2.45) is 0 Å². The summed E-state index contributed by atoms with van der Waals surface area (Å²) in [5.41, 5.74) is 5.04. The van der Waals surface area contributed by atoms with Crippen molar-refractivity contribution in [2.45, 2.75) is 58.3 Å². The van der Waals surface area contributed by atoms with Gasteiger partial charge in [0.2, 0.25) is 6.41 Å². The Morgan fingerprint density at radius 2 is 1.73 bits per heavy atom. The zero-order chi connectivity index (χ0) is 25.8. The van der Waals surface area contributed by atoms with E-state index in [0.29, 0.717) is 12.6 Å². The zero-order valence-electron chi connectivity index (χ0n) is 22.1. The van der Waals surface area contributed by atoms with Crippen LogP contribution in [0.15, 0.2) is 72.8 Å². The predicted molar refractivity (Wildman–Crippen MR) is 148 cm³/mol. The Bertz CT molecular complexity index is 1170.